The Hall–Kier alpha value is -2.10. The molecule has 94 valence electrons. The summed E-state index contributed by atoms with van der Waals surface area (Å²) in [5, 5.41) is 3.15. The predicted molar refractivity (Wildman–Crippen MR) is 72.8 cm³/mol. The quantitative estimate of drug-likeness (QED) is 0.877. The third-order valence-corrected chi connectivity index (χ3v) is 2.61. The maximum absolute atomic E-state index is 5.13. The lowest BCUT2D eigenvalue weighted by Gasteiger charge is -2.05. The van der Waals surface area contributed by atoms with E-state index in [4.69, 9.17) is 4.74 Å². The number of ether oxygens (including phenoxy) is 1. The fraction of sp³-hybridized carbons (Fsp3) is 0.286. The number of methoxy groups -OCH3 is 1. The Balaban J connectivity index is 2.12. The van der Waals surface area contributed by atoms with Gasteiger partial charge in [0, 0.05) is 24.5 Å². The fourth-order valence-electron chi connectivity index (χ4n) is 1.59. The minimum Gasteiger partial charge on any atom is -0.497 e. The highest BCUT2D eigenvalue weighted by molar-refractivity contribution is 5.62. The number of hydrogen-bond donors (Lipinski definition) is 1. The van der Waals surface area contributed by atoms with Crippen molar-refractivity contribution in [3.63, 3.8) is 0 Å². The Bertz CT molecular complexity index is 479. The zero-order valence-electron chi connectivity index (χ0n) is 10.7. The number of aromatic nitrogens is 2. The highest BCUT2D eigenvalue weighted by Crippen LogP contribution is 2.21. The van der Waals surface area contributed by atoms with Crippen LogP contribution in [0, 0.1) is 0 Å². The van der Waals surface area contributed by atoms with Crippen LogP contribution in [-0.2, 0) is 0 Å². The molecule has 4 heteroatoms. The van der Waals surface area contributed by atoms with Crippen molar-refractivity contribution in [2.75, 3.05) is 19.0 Å². The molecule has 1 aromatic carbocycles. The van der Waals surface area contributed by atoms with Gasteiger partial charge in [-0.3, -0.25) is 0 Å². The lowest BCUT2D eigenvalue weighted by Crippen LogP contribution is -2.03. The summed E-state index contributed by atoms with van der Waals surface area (Å²) in [6, 6.07) is 7.85. The molecule has 1 aromatic heterocycles. The highest BCUT2D eigenvalue weighted by Gasteiger charge is 2.00. The first-order chi connectivity index (χ1) is 8.83. The number of benzene rings is 1. The molecule has 0 amide bonds. The third kappa shape index (κ3) is 2.97. The van der Waals surface area contributed by atoms with E-state index in [1.165, 1.54) is 0 Å². The molecule has 0 aliphatic heterocycles. The van der Waals surface area contributed by atoms with Gasteiger partial charge in [0.25, 0.3) is 0 Å². The van der Waals surface area contributed by atoms with Crippen molar-refractivity contribution in [2.45, 2.75) is 13.3 Å². The summed E-state index contributed by atoms with van der Waals surface area (Å²) in [6.07, 6.45) is 4.71. The molecule has 0 aliphatic rings. The Morgan fingerprint density at radius 1 is 1.06 bits per heavy atom. The van der Waals surface area contributed by atoms with Gasteiger partial charge < -0.3 is 10.1 Å². The van der Waals surface area contributed by atoms with Gasteiger partial charge in [0.1, 0.15) is 5.75 Å². The second-order valence-electron chi connectivity index (χ2n) is 3.95. The van der Waals surface area contributed by atoms with Crippen molar-refractivity contribution < 1.29 is 4.74 Å². The van der Waals surface area contributed by atoms with Gasteiger partial charge in [-0.1, -0.05) is 19.1 Å². The number of nitrogens with zero attached hydrogens (tertiary/aromatic N) is 2. The number of rotatable bonds is 5. The molecule has 1 N–H and O–H groups in total. The Morgan fingerprint density at radius 3 is 2.28 bits per heavy atom. The van der Waals surface area contributed by atoms with E-state index >= 15 is 0 Å². The molecule has 0 fully saturated rings. The van der Waals surface area contributed by atoms with Crippen LogP contribution in [-0.4, -0.2) is 23.6 Å². The molecule has 18 heavy (non-hydrogen) atoms. The van der Waals surface area contributed by atoms with E-state index in [9.17, 15) is 0 Å². The van der Waals surface area contributed by atoms with Gasteiger partial charge in [-0.25, -0.2) is 9.97 Å². The Labute approximate surface area is 107 Å². The van der Waals surface area contributed by atoms with Crippen molar-refractivity contribution in [3.05, 3.63) is 36.7 Å². The van der Waals surface area contributed by atoms with Gasteiger partial charge in [0.15, 0.2) is 0 Å². The third-order valence-electron chi connectivity index (χ3n) is 2.61. The van der Waals surface area contributed by atoms with Crippen LogP contribution in [0.2, 0.25) is 0 Å². The van der Waals surface area contributed by atoms with Crippen molar-refractivity contribution in [3.8, 4) is 16.9 Å². The van der Waals surface area contributed by atoms with Crippen molar-refractivity contribution in [1.82, 2.24) is 9.97 Å². The number of anilines is 1. The lowest BCUT2D eigenvalue weighted by atomic mass is 10.1. The van der Waals surface area contributed by atoms with Crippen molar-refractivity contribution in [2.24, 2.45) is 0 Å². The van der Waals surface area contributed by atoms with E-state index in [0.29, 0.717) is 5.95 Å². The maximum Gasteiger partial charge on any atom is 0.222 e. The molecule has 0 saturated carbocycles. The second-order valence-corrected chi connectivity index (χ2v) is 3.95. The molecular weight excluding hydrogens is 226 g/mol. The molecule has 2 aromatic rings. The van der Waals surface area contributed by atoms with Gasteiger partial charge >= 0.3 is 0 Å². The van der Waals surface area contributed by atoms with Gasteiger partial charge in [0.05, 0.1) is 7.11 Å². The van der Waals surface area contributed by atoms with Crippen LogP contribution < -0.4 is 10.1 Å². The summed E-state index contributed by atoms with van der Waals surface area (Å²) in [7, 11) is 1.66. The molecule has 0 unspecified atom stereocenters. The summed E-state index contributed by atoms with van der Waals surface area (Å²) >= 11 is 0. The molecule has 2 rings (SSSR count). The Morgan fingerprint density at radius 2 is 1.72 bits per heavy atom. The van der Waals surface area contributed by atoms with Gasteiger partial charge in [0.2, 0.25) is 5.95 Å². The van der Waals surface area contributed by atoms with E-state index in [-0.39, 0.29) is 0 Å². The molecule has 0 spiro atoms. The first-order valence-corrected chi connectivity index (χ1v) is 6.04. The second kappa shape index (κ2) is 6.00. The zero-order chi connectivity index (χ0) is 12.8. The number of hydrogen-bond acceptors (Lipinski definition) is 4. The van der Waals surface area contributed by atoms with Gasteiger partial charge in [-0.15, -0.1) is 0 Å². The largest absolute Gasteiger partial charge is 0.497 e. The van der Waals surface area contributed by atoms with E-state index in [1.54, 1.807) is 7.11 Å². The molecular formula is C14H17N3O. The standard InChI is InChI=1S/C14H17N3O/c1-3-8-15-14-16-9-12(10-17-14)11-4-6-13(18-2)7-5-11/h4-7,9-10H,3,8H2,1-2H3,(H,15,16,17). The van der Waals surface area contributed by atoms with Crippen LogP contribution in [0.1, 0.15) is 13.3 Å². The molecule has 1 heterocycles. The first-order valence-electron chi connectivity index (χ1n) is 6.04. The van der Waals surface area contributed by atoms with Crippen molar-refractivity contribution >= 4 is 5.95 Å². The monoisotopic (exact) mass is 243 g/mol. The fourth-order valence-corrected chi connectivity index (χ4v) is 1.59. The smallest absolute Gasteiger partial charge is 0.222 e. The van der Waals surface area contributed by atoms with E-state index < -0.39 is 0 Å². The van der Waals surface area contributed by atoms with Crippen LogP contribution in [0.3, 0.4) is 0 Å². The summed E-state index contributed by atoms with van der Waals surface area (Å²) in [4.78, 5) is 8.56. The van der Waals surface area contributed by atoms with E-state index in [2.05, 4.69) is 22.2 Å². The van der Waals surface area contributed by atoms with Crippen molar-refractivity contribution in [1.29, 1.82) is 0 Å². The average Bonchev–Trinajstić information content (AvgIpc) is 2.46. The maximum atomic E-state index is 5.13. The van der Waals surface area contributed by atoms with Crippen LogP contribution in [0.5, 0.6) is 5.75 Å². The first kappa shape index (κ1) is 12.4. The SMILES string of the molecule is CCCNc1ncc(-c2ccc(OC)cc2)cn1. The van der Waals surface area contributed by atoms with Gasteiger partial charge in [-0.2, -0.15) is 0 Å². The molecule has 4 nitrogen and oxygen atoms in total. The predicted octanol–water partition coefficient (Wildman–Crippen LogP) is 2.97. The highest BCUT2D eigenvalue weighted by atomic mass is 16.5. The molecule has 0 radical (unpaired) electrons. The summed E-state index contributed by atoms with van der Waals surface area (Å²) in [5.41, 5.74) is 2.08. The minimum absolute atomic E-state index is 0.675. The topological polar surface area (TPSA) is 47.0 Å². The summed E-state index contributed by atoms with van der Waals surface area (Å²) in [5.74, 6) is 1.52. The minimum atomic E-state index is 0.675. The van der Waals surface area contributed by atoms with E-state index in [1.807, 2.05) is 36.7 Å². The number of nitrogens with one attached hydrogen (secondary N) is 1. The van der Waals surface area contributed by atoms with Crippen LogP contribution in [0.15, 0.2) is 36.7 Å². The molecule has 0 atom stereocenters. The van der Waals surface area contributed by atoms with Crippen LogP contribution >= 0.6 is 0 Å². The normalized spacial score (nSPS) is 10.1. The molecule has 0 aliphatic carbocycles. The zero-order valence-corrected chi connectivity index (χ0v) is 10.7. The molecule has 0 saturated heterocycles. The molecule has 0 bridgehead atoms. The van der Waals surface area contributed by atoms with Crippen LogP contribution in [0.4, 0.5) is 5.95 Å². The average molecular weight is 243 g/mol. The Kier molecular flexibility index (Phi) is 4.12. The van der Waals surface area contributed by atoms with Crippen LogP contribution in [0.25, 0.3) is 11.1 Å². The lowest BCUT2D eigenvalue weighted by molar-refractivity contribution is 0.415. The van der Waals surface area contributed by atoms with Gasteiger partial charge in [-0.05, 0) is 24.1 Å². The summed E-state index contributed by atoms with van der Waals surface area (Å²) < 4.78 is 5.13. The van der Waals surface area contributed by atoms with E-state index in [0.717, 1.165) is 29.8 Å². The summed E-state index contributed by atoms with van der Waals surface area (Å²) in [6.45, 7) is 3.00.